The first-order chi connectivity index (χ1) is 14.3. The number of benzene rings is 2. The number of anilines is 1. The second-order valence-corrected chi connectivity index (χ2v) is 8.27. The van der Waals surface area contributed by atoms with Gasteiger partial charge < -0.3 is 24.5 Å². The third kappa shape index (κ3) is 4.66. The summed E-state index contributed by atoms with van der Waals surface area (Å²) in [7, 11) is 0. The van der Waals surface area contributed by atoms with Gasteiger partial charge in [-0.25, -0.2) is 4.98 Å². The Morgan fingerprint density at radius 1 is 1.17 bits per heavy atom. The fourth-order valence-electron chi connectivity index (χ4n) is 3.94. The first-order valence-electron chi connectivity index (χ1n) is 10.3. The minimum Gasteiger partial charge on any atom is -0.460 e. The highest BCUT2D eigenvalue weighted by atomic mass is 16.8. The van der Waals surface area contributed by atoms with Gasteiger partial charge in [-0.05, 0) is 55.7 Å². The van der Waals surface area contributed by atoms with Crippen LogP contribution in [0, 0.1) is 13.8 Å². The lowest BCUT2D eigenvalue weighted by atomic mass is 9.98. The van der Waals surface area contributed by atoms with Gasteiger partial charge in [0.25, 0.3) is 0 Å². The summed E-state index contributed by atoms with van der Waals surface area (Å²) in [5, 5.41) is 0. The van der Waals surface area contributed by atoms with E-state index < -0.39 is 11.6 Å². The second-order valence-electron chi connectivity index (χ2n) is 8.27. The topological polar surface area (TPSA) is 71.5 Å². The number of imidazole rings is 1. The molecule has 6 nitrogen and oxygen atoms in total. The van der Waals surface area contributed by atoms with Gasteiger partial charge >= 0.3 is 0 Å². The standard InChI is InChI=1S/C24H29N3O3/c1-18-4-5-20(19(2)14-18)10-11-24(15-27-13-12-26-17-27)28-16-23(3,30-24)29-22-8-6-21(25)7-9-22/h4-9,12-14,17H,10-11,15-16,25H2,1-3H3/t23-,24+/m0/s1. The zero-order chi connectivity index (χ0) is 21.2. The fourth-order valence-corrected chi connectivity index (χ4v) is 3.94. The van der Waals surface area contributed by atoms with Crippen molar-refractivity contribution in [2.45, 2.75) is 51.7 Å². The van der Waals surface area contributed by atoms with Gasteiger partial charge in [0.2, 0.25) is 5.79 Å². The van der Waals surface area contributed by atoms with Gasteiger partial charge in [0.1, 0.15) is 12.4 Å². The monoisotopic (exact) mass is 407 g/mol. The Kier molecular flexibility index (Phi) is 5.54. The average Bonchev–Trinajstić information content (AvgIpc) is 3.32. The Morgan fingerprint density at radius 3 is 2.67 bits per heavy atom. The van der Waals surface area contributed by atoms with Crippen LogP contribution in [0.5, 0.6) is 5.75 Å². The summed E-state index contributed by atoms with van der Waals surface area (Å²) in [6, 6.07) is 13.9. The number of nitrogens with two attached hydrogens (primary N) is 1. The van der Waals surface area contributed by atoms with Crippen LogP contribution >= 0.6 is 0 Å². The second kappa shape index (κ2) is 8.13. The summed E-state index contributed by atoms with van der Waals surface area (Å²) >= 11 is 0. The molecule has 2 atom stereocenters. The summed E-state index contributed by atoms with van der Waals surface area (Å²) in [4.78, 5) is 4.16. The quantitative estimate of drug-likeness (QED) is 0.593. The van der Waals surface area contributed by atoms with E-state index in [2.05, 4.69) is 37.0 Å². The highest BCUT2D eigenvalue weighted by molar-refractivity contribution is 5.41. The molecule has 0 radical (unpaired) electrons. The zero-order valence-corrected chi connectivity index (χ0v) is 17.8. The van der Waals surface area contributed by atoms with Gasteiger partial charge in [0.05, 0.1) is 12.9 Å². The highest BCUT2D eigenvalue weighted by Gasteiger charge is 2.49. The van der Waals surface area contributed by atoms with Crippen molar-refractivity contribution in [1.82, 2.24) is 9.55 Å². The number of nitrogens with zero attached hydrogens (tertiary/aromatic N) is 2. The molecule has 0 amide bonds. The van der Waals surface area contributed by atoms with E-state index in [0.717, 1.165) is 6.42 Å². The van der Waals surface area contributed by atoms with E-state index >= 15 is 0 Å². The molecule has 0 aliphatic carbocycles. The van der Waals surface area contributed by atoms with E-state index in [-0.39, 0.29) is 0 Å². The van der Waals surface area contributed by atoms with E-state index in [1.54, 1.807) is 12.5 Å². The van der Waals surface area contributed by atoms with Gasteiger partial charge in [-0.1, -0.05) is 23.8 Å². The van der Waals surface area contributed by atoms with Crippen molar-refractivity contribution in [2.75, 3.05) is 12.3 Å². The number of aryl methyl sites for hydroxylation is 3. The Hall–Kier alpha value is -2.83. The van der Waals surface area contributed by atoms with Gasteiger partial charge in [0, 0.05) is 31.4 Å². The van der Waals surface area contributed by atoms with E-state index in [1.807, 2.05) is 42.0 Å². The molecule has 6 heteroatoms. The molecule has 2 N–H and O–H groups in total. The molecule has 1 aliphatic rings. The maximum absolute atomic E-state index is 6.51. The number of hydrogen-bond acceptors (Lipinski definition) is 5. The van der Waals surface area contributed by atoms with Crippen molar-refractivity contribution >= 4 is 5.69 Å². The lowest BCUT2D eigenvalue weighted by Crippen LogP contribution is -2.41. The molecule has 1 saturated heterocycles. The van der Waals surface area contributed by atoms with Gasteiger partial charge in [-0.15, -0.1) is 0 Å². The zero-order valence-electron chi connectivity index (χ0n) is 17.8. The van der Waals surface area contributed by atoms with Crippen LogP contribution in [0.3, 0.4) is 0 Å². The van der Waals surface area contributed by atoms with Crippen molar-refractivity contribution in [3.05, 3.63) is 77.9 Å². The van der Waals surface area contributed by atoms with Gasteiger partial charge in [-0.3, -0.25) is 0 Å². The number of nitrogen functional groups attached to an aromatic ring is 1. The number of ether oxygens (including phenoxy) is 3. The molecule has 2 heterocycles. The Labute approximate surface area is 177 Å². The molecule has 2 aromatic carbocycles. The molecule has 4 rings (SSSR count). The van der Waals surface area contributed by atoms with Crippen molar-refractivity contribution in [3.8, 4) is 5.75 Å². The molecule has 0 saturated carbocycles. The van der Waals surface area contributed by atoms with E-state index in [0.29, 0.717) is 31.0 Å². The van der Waals surface area contributed by atoms with Crippen LogP contribution in [-0.4, -0.2) is 27.7 Å². The van der Waals surface area contributed by atoms with Crippen LogP contribution < -0.4 is 10.5 Å². The lowest BCUT2D eigenvalue weighted by Gasteiger charge is -2.31. The van der Waals surface area contributed by atoms with Crippen molar-refractivity contribution < 1.29 is 14.2 Å². The first-order valence-corrected chi connectivity index (χ1v) is 10.3. The SMILES string of the molecule is Cc1ccc(CC[C@@]2(Cn3ccnc3)OC[C@@](C)(Oc3ccc(N)cc3)O2)c(C)c1. The minimum absolute atomic E-state index is 0.332. The summed E-state index contributed by atoms with van der Waals surface area (Å²) in [5.74, 6) is -0.998. The minimum atomic E-state index is -0.890. The van der Waals surface area contributed by atoms with Gasteiger partial charge in [0.15, 0.2) is 5.79 Å². The predicted octanol–water partition coefficient (Wildman–Crippen LogP) is 4.25. The molecule has 1 aliphatic heterocycles. The van der Waals surface area contributed by atoms with Crippen LogP contribution in [0.4, 0.5) is 5.69 Å². The normalized spacial score (nSPS) is 23.6. The van der Waals surface area contributed by atoms with Crippen LogP contribution in [0.15, 0.2) is 61.2 Å². The lowest BCUT2D eigenvalue weighted by molar-refractivity contribution is -0.237. The van der Waals surface area contributed by atoms with E-state index in [9.17, 15) is 0 Å². The first kappa shape index (κ1) is 20.4. The molecule has 1 fully saturated rings. The molecule has 0 bridgehead atoms. The smallest absolute Gasteiger partial charge is 0.233 e. The third-order valence-electron chi connectivity index (χ3n) is 5.47. The Bertz CT molecular complexity index is 987. The molecular weight excluding hydrogens is 378 g/mol. The molecule has 0 unspecified atom stereocenters. The molecular formula is C24H29N3O3. The summed E-state index contributed by atoms with van der Waals surface area (Å²) < 4.78 is 20.9. The molecule has 3 aromatic rings. The summed E-state index contributed by atoms with van der Waals surface area (Å²) in [6.07, 6.45) is 7.01. The van der Waals surface area contributed by atoms with Crippen LogP contribution in [-0.2, 0) is 22.4 Å². The molecule has 1 aromatic heterocycles. The largest absolute Gasteiger partial charge is 0.460 e. The predicted molar refractivity (Wildman–Crippen MR) is 116 cm³/mol. The van der Waals surface area contributed by atoms with E-state index in [1.165, 1.54) is 16.7 Å². The van der Waals surface area contributed by atoms with Crippen LogP contribution in [0.1, 0.15) is 30.0 Å². The summed E-state index contributed by atoms with van der Waals surface area (Å²) in [5.41, 5.74) is 10.3. The number of rotatable bonds is 7. The van der Waals surface area contributed by atoms with Crippen molar-refractivity contribution in [1.29, 1.82) is 0 Å². The molecule has 0 spiro atoms. The van der Waals surface area contributed by atoms with E-state index in [4.69, 9.17) is 19.9 Å². The van der Waals surface area contributed by atoms with Crippen molar-refractivity contribution in [2.24, 2.45) is 0 Å². The Morgan fingerprint density at radius 2 is 1.97 bits per heavy atom. The number of aromatic nitrogens is 2. The Balaban J connectivity index is 1.53. The molecule has 30 heavy (non-hydrogen) atoms. The van der Waals surface area contributed by atoms with Crippen LogP contribution in [0.25, 0.3) is 0 Å². The highest BCUT2D eigenvalue weighted by Crippen LogP contribution is 2.38. The van der Waals surface area contributed by atoms with Crippen LogP contribution in [0.2, 0.25) is 0 Å². The maximum Gasteiger partial charge on any atom is 0.233 e. The average molecular weight is 408 g/mol. The summed E-state index contributed by atoms with van der Waals surface area (Å²) in [6.45, 7) is 7.05. The van der Waals surface area contributed by atoms with Crippen molar-refractivity contribution in [3.63, 3.8) is 0 Å². The fraction of sp³-hybridized carbons (Fsp3) is 0.375. The molecule has 158 valence electrons. The maximum atomic E-state index is 6.51. The number of hydrogen-bond donors (Lipinski definition) is 1. The third-order valence-corrected chi connectivity index (χ3v) is 5.47. The van der Waals surface area contributed by atoms with Gasteiger partial charge in [-0.2, -0.15) is 0 Å².